The van der Waals surface area contributed by atoms with Gasteiger partial charge in [0.25, 0.3) is 0 Å². The van der Waals surface area contributed by atoms with Crippen LogP contribution in [0, 0.1) is 0 Å². The molecule has 102 valence electrons. The van der Waals surface area contributed by atoms with Crippen LogP contribution in [0.1, 0.15) is 33.6 Å². The highest BCUT2D eigenvalue weighted by Gasteiger charge is 2.35. The van der Waals surface area contributed by atoms with Crippen LogP contribution < -0.4 is 11.5 Å². The fraction of sp³-hybridized carbons (Fsp3) is 0.917. The van der Waals surface area contributed by atoms with E-state index in [1.165, 1.54) is 0 Å². The van der Waals surface area contributed by atoms with E-state index in [1.807, 2.05) is 27.8 Å². The highest BCUT2D eigenvalue weighted by atomic mass is 16.6. The van der Waals surface area contributed by atoms with Crippen LogP contribution in [0.2, 0.25) is 0 Å². The Kier molecular flexibility index (Phi) is 6.67. The molecule has 0 aliphatic carbocycles. The zero-order valence-corrected chi connectivity index (χ0v) is 11.7. The van der Waals surface area contributed by atoms with Crippen molar-refractivity contribution in [2.45, 2.75) is 39.2 Å². The Morgan fingerprint density at radius 2 is 1.53 bits per heavy atom. The second-order valence-electron chi connectivity index (χ2n) is 5.61. The first-order valence-electron chi connectivity index (χ1n) is 6.23. The topological polar surface area (TPSA) is 78.3 Å². The minimum atomic E-state index is -0.456. The lowest BCUT2D eigenvalue weighted by Crippen LogP contribution is -2.53. The summed E-state index contributed by atoms with van der Waals surface area (Å²) in [6, 6.07) is 0. The van der Waals surface area contributed by atoms with E-state index in [9.17, 15) is 4.79 Å². The Hall–Kier alpha value is -0.650. The maximum absolute atomic E-state index is 12.2. The first kappa shape index (κ1) is 16.4. The summed E-state index contributed by atoms with van der Waals surface area (Å²) in [5, 5.41) is 0. The van der Waals surface area contributed by atoms with E-state index in [0.717, 1.165) is 12.8 Å². The van der Waals surface area contributed by atoms with Crippen LogP contribution in [0.15, 0.2) is 0 Å². The summed E-state index contributed by atoms with van der Waals surface area (Å²) in [5.74, 6) is 0. The van der Waals surface area contributed by atoms with Crippen molar-refractivity contribution in [2.24, 2.45) is 11.5 Å². The molecule has 5 heteroatoms. The van der Waals surface area contributed by atoms with E-state index < -0.39 is 5.60 Å². The highest BCUT2D eigenvalue weighted by Crippen LogP contribution is 2.15. The molecule has 0 spiro atoms. The van der Waals surface area contributed by atoms with Gasteiger partial charge in [0.1, 0.15) is 5.60 Å². The van der Waals surface area contributed by atoms with Crippen molar-refractivity contribution in [1.82, 2.24) is 0 Å². The average molecular weight is 246 g/mol. The van der Waals surface area contributed by atoms with Gasteiger partial charge in [-0.25, -0.2) is 4.48 Å². The highest BCUT2D eigenvalue weighted by molar-refractivity contribution is 5.60. The number of hydrogen-bond acceptors (Lipinski definition) is 4. The molecule has 0 saturated heterocycles. The normalized spacial score (nSPS) is 12.6. The van der Waals surface area contributed by atoms with Crippen molar-refractivity contribution in [1.29, 1.82) is 0 Å². The molecule has 0 atom stereocenters. The van der Waals surface area contributed by atoms with Crippen molar-refractivity contribution >= 4 is 6.09 Å². The minimum Gasteiger partial charge on any atom is -0.414 e. The fourth-order valence-corrected chi connectivity index (χ4v) is 1.55. The van der Waals surface area contributed by atoms with E-state index in [1.54, 1.807) is 0 Å². The van der Waals surface area contributed by atoms with Gasteiger partial charge < -0.3 is 16.2 Å². The predicted octanol–water partition coefficient (Wildman–Crippen LogP) is 1.07. The molecular formula is C12H28N3O2+. The number of rotatable bonds is 6. The fourth-order valence-electron chi connectivity index (χ4n) is 1.55. The Balaban J connectivity index is 4.59. The summed E-state index contributed by atoms with van der Waals surface area (Å²) in [6.45, 7) is 8.19. The lowest BCUT2D eigenvalue weighted by Gasteiger charge is -2.33. The molecule has 0 radical (unpaired) electrons. The van der Waals surface area contributed by atoms with E-state index in [-0.39, 0.29) is 10.6 Å². The molecule has 0 aromatic carbocycles. The molecule has 1 amide bonds. The van der Waals surface area contributed by atoms with Gasteiger partial charge in [0.2, 0.25) is 0 Å². The van der Waals surface area contributed by atoms with Crippen LogP contribution in [0.4, 0.5) is 4.79 Å². The lowest BCUT2D eigenvalue weighted by molar-refractivity contribution is -0.839. The van der Waals surface area contributed by atoms with E-state index in [0.29, 0.717) is 26.2 Å². The predicted molar refractivity (Wildman–Crippen MR) is 69.5 cm³/mol. The van der Waals surface area contributed by atoms with Gasteiger partial charge in [-0.15, -0.1) is 0 Å². The largest absolute Gasteiger partial charge is 0.516 e. The molecule has 17 heavy (non-hydrogen) atoms. The molecule has 0 rings (SSSR count). The monoisotopic (exact) mass is 246 g/mol. The molecule has 5 nitrogen and oxygen atoms in total. The van der Waals surface area contributed by atoms with Gasteiger partial charge in [0.05, 0.1) is 20.1 Å². The van der Waals surface area contributed by atoms with E-state index in [2.05, 4.69) is 0 Å². The van der Waals surface area contributed by atoms with Crippen LogP contribution in [0.25, 0.3) is 0 Å². The molecule has 4 N–H and O–H groups in total. The zero-order valence-electron chi connectivity index (χ0n) is 11.7. The van der Waals surface area contributed by atoms with Gasteiger partial charge in [-0.05, 0) is 33.9 Å². The molecular weight excluding hydrogens is 218 g/mol. The second-order valence-corrected chi connectivity index (χ2v) is 5.61. The van der Waals surface area contributed by atoms with Crippen LogP contribution >= 0.6 is 0 Å². The molecule has 0 aliphatic rings. The first-order chi connectivity index (χ1) is 7.75. The molecule has 0 bridgehead atoms. The van der Waals surface area contributed by atoms with Crippen molar-refractivity contribution in [3.63, 3.8) is 0 Å². The third-order valence-electron chi connectivity index (χ3n) is 2.55. The summed E-state index contributed by atoms with van der Waals surface area (Å²) in [7, 11) is 1.89. The smallest absolute Gasteiger partial charge is 0.414 e. The zero-order chi connectivity index (χ0) is 13.5. The van der Waals surface area contributed by atoms with Crippen LogP contribution in [0.5, 0.6) is 0 Å². The summed E-state index contributed by atoms with van der Waals surface area (Å²) in [4.78, 5) is 12.2. The van der Waals surface area contributed by atoms with Gasteiger partial charge in [0, 0.05) is 12.8 Å². The van der Waals surface area contributed by atoms with Gasteiger partial charge in [0.15, 0.2) is 0 Å². The molecule has 0 aromatic heterocycles. The Morgan fingerprint density at radius 1 is 1.12 bits per heavy atom. The number of ether oxygens (including phenoxy) is 1. The number of carbonyl (C=O) groups is 1. The standard InChI is InChI=1S/C12H28N3O2/c1-12(2,3)17-11(16)15(4,9-5-7-13)10-6-8-14/h5-10,13-14H2,1-4H3/q+1. The Labute approximate surface area is 105 Å². The molecule has 0 saturated carbocycles. The Bertz CT molecular complexity index is 228. The molecule has 0 unspecified atom stereocenters. The molecule has 0 aliphatic heterocycles. The van der Waals surface area contributed by atoms with Crippen molar-refractivity contribution in [3.05, 3.63) is 0 Å². The number of nitrogens with zero attached hydrogens (tertiary/aromatic N) is 1. The maximum atomic E-state index is 12.2. The lowest BCUT2D eigenvalue weighted by atomic mass is 10.2. The minimum absolute atomic E-state index is 0.195. The number of hydrogen-bond donors (Lipinski definition) is 2. The van der Waals surface area contributed by atoms with Gasteiger partial charge in [-0.1, -0.05) is 0 Å². The molecule has 0 heterocycles. The quantitative estimate of drug-likeness (QED) is 0.687. The number of quaternary nitrogens is 1. The third kappa shape index (κ3) is 6.61. The molecule has 0 fully saturated rings. The second kappa shape index (κ2) is 6.93. The van der Waals surface area contributed by atoms with Gasteiger partial charge in [-0.3, -0.25) is 0 Å². The van der Waals surface area contributed by atoms with Gasteiger partial charge >= 0.3 is 6.09 Å². The van der Waals surface area contributed by atoms with E-state index >= 15 is 0 Å². The van der Waals surface area contributed by atoms with Crippen molar-refractivity contribution < 1.29 is 14.0 Å². The summed E-state index contributed by atoms with van der Waals surface area (Å²) in [6.07, 6.45) is 1.42. The van der Waals surface area contributed by atoms with E-state index in [4.69, 9.17) is 16.2 Å². The number of amides is 1. The van der Waals surface area contributed by atoms with Crippen LogP contribution in [0.3, 0.4) is 0 Å². The SMILES string of the molecule is CC(C)(C)OC(=O)[N+](C)(CCCN)CCCN. The van der Waals surface area contributed by atoms with Crippen molar-refractivity contribution in [3.8, 4) is 0 Å². The Morgan fingerprint density at radius 3 is 1.82 bits per heavy atom. The maximum Gasteiger partial charge on any atom is 0.516 e. The van der Waals surface area contributed by atoms with Gasteiger partial charge in [-0.2, -0.15) is 4.79 Å². The number of nitrogens with two attached hydrogens (primary N) is 2. The number of carbonyl (C=O) groups excluding carboxylic acids is 1. The summed E-state index contributed by atoms with van der Waals surface area (Å²) < 4.78 is 5.70. The summed E-state index contributed by atoms with van der Waals surface area (Å²) >= 11 is 0. The summed E-state index contributed by atoms with van der Waals surface area (Å²) in [5.41, 5.74) is 10.6. The van der Waals surface area contributed by atoms with Crippen LogP contribution in [-0.2, 0) is 4.74 Å². The molecule has 0 aromatic rings. The third-order valence-corrected chi connectivity index (χ3v) is 2.55. The first-order valence-corrected chi connectivity index (χ1v) is 6.23. The van der Waals surface area contributed by atoms with Crippen molar-refractivity contribution in [2.75, 3.05) is 33.2 Å². The van der Waals surface area contributed by atoms with Crippen LogP contribution in [-0.4, -0.2) is 49.4 Å². The average Bonchev–Trinajstić information content (AvgIpc) is 2.21.